The van der Waals surface area contributed by atoms with E-state index in [-0.39, 0.29) is 0 Å². The average Bonchev–Trinajstić information content (AvgIpc) is 2.82. The molecule has 8 heteroatoms. The van der Waals surface area contributed by atoms with Crippen molar-refractivity contribution in [1.82, 2.24) is 14.7 Å². The third kappa shape index (κ3) is 2.71. The quantitative estimate of drug-likeness (QED) is 0.929. The van der Waals surface area contributed by atoms with E-state index in [1.54, 1.807) is 18.5 Å². The van der Waals surface area contributed by atoms with Crippen molar-refractivity contribution in [1.29, 1.82) is 0 Å². The van der Waals surface area contributed by atoms with E-state index in [2.05, 4.69) is 14.7 Å². The van der Waals surface area contributed by atoms with Gasteiger partial charge >= 0.3 is 0 Å². The van der Waals surface area contributed by atoms with Gasteiger partial charge in [-0.05, 0) is 19.1 Å². The molecule has 2 aromatic rings. The predicted molar refractivity (Wildman–Crippen MR) is 65.0 cm³/mol. The summed E-state index contributed by atoms with van der Waals surface area (Å²) in [6.45, 7) is 1.64. The van der Waals surface area contributed by atoms with Crippen molar-refractivity contribution >= 4 is 21.4 Å². The van der Waals surface area contributed by atoms with Crippen molar-refractivity contribution in [3.8, 4) is 0 Å². The largest absolute Gasteiger partial charge is 0.261 e. The van der Waals surface area contributed by atoms with Crippen LogP contribution < -0.4 is 4.72 Å². The number of hydrogen-bond acceptors (Lipinski definition) is 5. The number of aromatic nitrogens is 2. The summed E-state index contributed by atoms with van der Waals surface area (Å²) in [6, 6.07) is 1.85. The smallest absolute Gasteiger partial charge is 0.248 e. The van der Waals surface area contributed by atoms with Gasteiger partial charge in [0.05, 0.1) is 6.04 Å². The van der Waals surface area contributed by atoms with E-state index >= 15 is 0 Å². The highest BCUT2D eigenvalue weighted by Gasteiger charge is 2.24. The first-order valence-corrected chi connectivity index (χ1v) is 7.39. The van der Waals surface area contributed by atoms with Crippen molar-refractivity contribution < 1.29 is 12.8 Å². The fourth-order valence-electron chi connectivity index (χ4n) is 1.36. The summed E-state index contributed by atoms with van der Waals surface area (Å²) in [4.78, 5) is 7.54. The predicted octanol–water partition coefficient (Wildman–Crippen LogP) is 1.72. The van der Waals surface area contributed by atoms with Gasteiger partial charge in [0.25, 0.3) is 10.0 Å². The Morgan fingerprint density at radius 1 is 1.39 bits per heavy atom. The van der Waals surface area contributed by atoms with Gasteiger partial charge in [-0.1, -0.05) is 0 Å². The van der Waals surface area contributed by atoms with E-state index in [9.17, 15) is 12.8 Å². The number of halogens is 1. The Labute approximate surface area is 108 Å². The van der Waals surface area contributed by atoms with Gasteiger partial charge in [0.2, 0.25) is 5.03 Å². The summed E-state index contributed by atoms with van der Waals surface area (Å²) in [7, 11) is -3.99. The molecule has 1 atom stereocenters. The highest BCUT2D eigenvalue weighted by molar-refractivity contribution is 7.89. The van der Waals surface area contributed by atoms with Crippen LogP contribution in [0.2, 0.25) is 0 Å². The molecule has 2 rings (SSSR count). The lowest BCUT2D eigenvalue weighted by atomic mass is 10.4. The van der Waals surface area contributed by atoms with E-state index < -0.39 is 26.9 Å². The second-order valence-corrected chi connectivity index (χ2v) is 6.06. The molecule has 1 unspecified atom stereocenters. The number of hydrogen-bond donors (Lipinski definition) is 1. The molecule has 5 nitrogen and oxygen atoms in total. The van der Waals surface area contributed by atoms with Crippen LogP contribution in [0.15, 0.2) is 34.9 Å². The minimum Gasteiger partial charge on any atom is -0.248 e. The van der Waals surface area contributed by atoms with Crippen LogP contribution in [0.1, 0.15) is 18.0 Å². The maximum Gasteiger partial charge on any atom is 0.261 e. The summed E-state index contributed by atoms with van der Waals surface area (Å²) < 4.78 is 39.6. The number of rotatable bonds is 4. The second kappa shape index (κ2) is 5.09. The van der Waals surface area contributed by atoms with Crippen molar-refractivity contribution in [3.63, 3.8) is 0 Å². The molecular weight excluding hydrogens is 277 g/mol. The topological polar surface area (TPSA) is 72.0 Å². The van der Waals surface area contributed by atoms with Crippen LogP contribution in [0.5, 0.6) is 0 Å². The van der Waals surface area contributed by atoms with Gasteiger partial charge < -0.3 is 0 Å². The highest BCUT2D eigenvalue weighted by atomic mass is 32.2. The van der Waals surface area contributed by atoms with Crippen LogP contribution in [0.3, 0.4) is 0 Å². The Morgan fingerprint density at radius 2 is 2.17 bits per heavy atom. The average molecular weight is 287 g/mol. The van der Waals surface area contributed by atoms with E-state index in [1.807, 2.05) is 0 Å². The molecule has 0 aromatic carbocycles. The monoisotopic (exact) mass is 287 g/mol. The number of nitrogens with one attached hydrogen (secondary N) is 1. The van der Waals surface area contributed by atoms with Crippen LogP contribution >= 0.6 is 11.3 Å². The van der Waals surface area contributed by atoms with E-state index in [1.165, 1.54) is 23.6 Å². The summed E-state index contributed by atoms with van der Waals surface area (Å²) >= 11 is 1.32. The zero-order valence-electron chi connectivity index (χ0n) is 9.37. The minimum absolute atomic E-state index is 0.531. The Kier molecular flexibility index (Phi) is 3.69. The van der Waals surface area contributed by atoms with Gasteiger partial charge in [0, 0.05) is 17.8 Å². The molecule has 0 aliphatic carbocycles. The van der Waals surface area contributed by atoms with Crippen molar-refractivity contribution in [2.24, 2.45) is 0 Å². The van der Waals surface area contributed by atoms with E-state index in [0.29, 0.717) is 5.01 Å². The standard InChI is InChI=1S/C10H10FN3O2S2/c1-7(9-12-5-6-17-9)14-18(15,16)10-8(11)3-2-4-13-10/h2-7,14H,1H3. The van der Waals surface area contributed by atoms with Crippen LogP contribution in [0.4, 0.5) is 4.39 Å². The van der Waals surface area contributed by atoms with Crippen molar-refractivity contribution in [2.75, 3.05) is 0 Å². The summed E-state index contributed by atoms with van der Waals surface area (Å²) in [5.74, 6) is -0.878. The molecule has 0 aliphatic heterocycles. The van der Waals surface area contributed by atoms with E-state index in [0.717, 1.165) is 6.07 Å². The molecule has 0 fully saturated rings. The van der Waals surface area contributed by atoms with Gasteiger partial charge in [0.15, 0.2) is 5.82 Å². The lowest BCUT2D eigenvalue weighted by molar-refractivity contribution is 0.535. The molecule has 0 radical (unpaired) electrons. The van der Waals surface area contributed by atoms with Crippen LogP contribution in [0.25, 0.3) is 0 Å². The van der Waals surface area contributed by atoms with Gasteiger partial charge in [-0.2, -0.15) is 0 Å². The Bertz CT molecular complexity index is 628. The molecule has 1 N–H and O–H groups in total. The lowest BCUT2D eigenvalue weighted by Gasteiger charge is -2.11. The van der Waals surface area contributed by atoms with Gasteiger partial charge in [-0.25, -0.2) is 27.5 Å². The molecule has 2 heterocycles. The zero-order valence-corrected chi connectivity index (χ0v) is 11.0. The maximum atomic E-state index is 13.4. The molecule has 0 amide bonds. The highest BCUT2D eigenvalue weighted by Crippen LogP contribution is 2.18. The fourth-order valence-corrected chi connectivity index (χ4v) is 3.29. The zero-order chi connectivity index (χ0) is 13.2. The number of nitrogens with zero attached hydrogens (tertiary/aromatic N) is 2. The van der Waals surface area contributed by atoms with Gasteiger partial charge in [-0.3, -0.25) is 0 Å². The van der Waals surface area contributed by atoms with Crippen LogP contribution in [-0.2, 0) is 10.0 Å². The fraction of sp³-hybridized carbons (Fsp3) is 0.200. The number of pyridine rings is 1. The summed E-state index contributed by atoms with van der Waals surface area (Å²) in [6.07, 6.45) is 2.80. The maximum absolute atomic E-state index is 13.4. The van der Waals surface area contributed by atoms with Crippen molar-refractivity contribution in [2.45, 2.75) is 18.0 Å². The van der Waals surface area contributed by atoms with Crippen molar-refractivity contribution in [3.05, 3.63) is 40.7 Å². The first kappa shape index (κ1) is 13.1. The number of thiazole rings is 1. The minimum atomic E-state index is -3.99. The Balaban J connectivity index is 2.26. The molecule has 2 aromatic heterocycles. The second-order valence-electron chi connectivity index (χ2n) is 3.50. The Hall–Kier alpha value is -1.38. The van der Waals surface area contributed by atoms with Crippen LogP contribution in [0, 0.1) is 5.82 Å². The molecule has 18 heavy (non-hydrogen) atoms. The molecule has 0 bridgehead atoms. The summed E-state index contributed by atoms with van der Waals surface area (Å²) in [5.41, 5.74) is 0. The van der Waals surface area contributed by atoms with E-state index in [4.69, 9.17) is 0 Å². The molecule has 0 spiro atoms. The third-order valence-corrected chi connectivity index (χ3v) is 4.56. The Morgan fingerprint density at radius 3 is 2.78 bits per heavy atom. The van der Waals surface area contributed by atoms with Gasteiger partial charge in [-0.15, -0.1) is 11.3 Å². The molecular formula is C10H10FN3O2S2. The molecule has 0 saturated heterocycles. The number of sulfonamides is 1. The first-order valence-electron chi connectivity index (χ1n) is 5.03. The molecule has 96 valence electrons. The van der Waals surface area contributed by atoms with Gasteiger partial charge in [0.1, 0.15) is 5.01 Å². The third-order valence-electron chi connectivity index (χ3n) is 2.13. The molecule has 0 saturated carbocycles. The summed E-state index contributed by atoms with van der Waals surface area (Å²) in [5, 5.41) is 1.74. The van der Waals surface area contributed by atoms with Crippen LogP contribution in [-0.4, -0.2) is 18.4 Å². The SMILES string of the molecule is CC(NS(=O)(=O)c1ncccc1F)c1nccs1. The molecule has 0 aliphatic rings. The first-order chi connectivity index (χ1) is 8.50. The lowest BCUT2D eigenvalue weighted by Crippen LogP contribution is -2.28. The normalized spacial score (nSPS) is 13.4.